The Bertz CT molecular complexity index is 477. The summed E-state index contributed by atoms with van der Waals surface area (Å²) in [4.78, 5) is 12.3. The molecule has 0 saturated carbocycles. The average Bonchev–Trinajstić information content (AvgIpc) is 2.71. The minimum atomic E-state index is -1.01. The minimum Gasteiger partial charge on any atom is -0.311 e. The molecule has 18 heavy (non-hydrogen) atoms. The SMILES string of the molecule is O=C(c1cccc(F)c1F)C1CC2CCC(C1)N2. The first-order valence-electron chi connectivity index (χ1n) is 6.39. The molecule has 3 rings (SSSR count). The number of carbonyl (C=O) groups is 1. The number of nitrogens with one attached hydrogen (secondary N) is 1. The van der Waals surface area contributed by atoms with Crippen LogP contribution in [-0.4, -0.2) is 17.9 Å². The normalized spacial score (nSPS) is 30.4. The average molecular weight is 251 g/mol. The molecule has 0 radical (unpaired) electrons. The molecule has 0 aromatic heterocycles. The Morgan fingerprint density at radius 3 is 2.50 bits per heavy atom. The molecule has 2 nitrogen and oxygen atoms in total. The molecule has 1 N–H and O–H groups in total. The maximum atomic E-state index is 13.6. The lowest BCUT2D eigenvalue weighted by Gasteiger charge is -2.28. The zero-order valence-electron chi connectivity index (χ0n) is 9.96. The van der Waals surface area contributed by atoms with Gasteiger partial charge in [-0.05, 0) is 37.8 Å². The zero-order chi connectivity index (χ0) is 12.7. The van der Waals surface area contributed by atoms with Gasteiger partial charge < -0.3 is 5.32 Å². The van der Waals surface area contributed by atoms with Crippen LogP contribution in [0.25, 0.3) is 0 Å². The highest BCUT2D eigenvalue weighted by Crippen LogP contribution is 2.33. The maximum absolute atomic E-state index is 13.6. The Balaban J connectivity index is 1.84. The van der Waals surface area contributed by atoms with E-state index >= 15 is 0 Å². The van der Waals surface area contributed by atoms with E-state index in [1.807, 2.05) is 0 Å². The van der Waals surface area contributed by atoms with E-state index in [0.29, 0.717) is 12.1 Å². The summed E-state index contributed by atoms with van der Waals surface area (Å²) in [5.41, 5.74) is -0.0960. The van der Waals surface area contributed by atoms with Gasteiger partial charge in [0.15, 0.2) is 17.4 Å². The summed E-state index contributed by atoms with van der Waals surface area (Å²) in [5, 5.41) is 3.43. The largest absolute Gasteiger partial charge is 0.311 e. The Kier molecular flexibility index (Phi) is 2.90. The second kappa shape index (κ2) is 4.43. The molecule has 4 heteroatoms. The van der Waals surface area contributed by atoms with Crippen molar-refractivity contribution in [3.05, 3.63) is 35.4 Å². The first kappa shape index (κ1) is 11.8. The minimum absolute atomic E-state index is 0.0960. The summed E-state index contributed by atoms with van der Waals surface area (Å²) in [6.45, 7) is 0. The fourth-order valence-electron chi connectivity index (χ4n) is 3.19. The standard InChI is InChI=1S/C14H15F2NO/c15-12-3-1-2-11(13(12)16)14(18)8-6-9-4-5-10(7-8)17-9/h1-3,8-10,17H,4-7H2. The van der Waals surface area contributed by atoms with Gasteiger partial charge in [-0.3, -0.25) is 4.79 Å². The molecule has 2 atom stereocenters. The summed E-state index contributed by atoms with van der Waals surface area (Å²) < 4.78 is 26.7. The summed E-state index contributed by atoms with van der Waals surface area (Å²) in [6, 6.07) is 4.55. The number of Topliss-reactive ketones (excluding diaryl/α,β-unsaturated/α-hetero) is 1. The van der Waals surface area contributed by atoms with Crippen molar-refractivity contribution in [2.45, 2.75) is 37.8 Å². The van der Waals surface area contributed by atoms with Crippen LogP contribution in [0.1, 0.15) is 36.0 Å². The highest BCUT2D eigenvalue weighted by atomic mass is 19.2. The van der Waals surface area contributed by atoms with Crippen molar-refractivity contribution in [1.29, 1.82) is 0 Å². The number of benzene rings is 1. The quantitative estimate of drug-likeness (QED) is 0.819. The van der Waals surface area contributed by atoms with Gasteiger partial charge in [-0.2, -0.15) is 0 Å². The van der Waals surface area contributed by atoms with Crippen LogP contribution in [0.3, 0.4) is 0 Å². The third-order valence-electron chi connectivity index (χ3n) is 4.06. The number of hydrogen-bond acceptors (Lipinski definition) is 2. The maximum Gasteiger partial charge on any atom is 0.169 e. The number of piperidine rings is 1. The lowest BCUT2D eigenvalue weighted by Crippen LogP contribution is -2.40. The van der Waals surface area contributed by atoms with Gasteiger partial charge in [-0.25, -0.2) is 8.78 Å². The summed E-state index contributed by atoms with van der Waals surface area (Å²) >= 11 is 0. The van der Waals surface area contributed by atoms with E-state index in [4.69, 9.17) is 0 Å². The van der Waals surface area contributed by atoms with Crippen molar-refractivity contribution in [1.82, 2.24) is 5.32 Å². The lowest BCUT2D eigenvalue weighted by atomic mass is 9.86. The van der Waals surface area contributed by atoms with Gasteiger partial charge in [0, 0.05) is 18.0 Å². The molecule has 2 aliphatic heterocycles. The summed E-state index contributed by atoms with van der Waals surface area (Å²) in [5.74, 6) is -2.36. The predicted octanol–water partition coefficient (Wildman–Crippen LogP) is 2.68. The lowest BCUT2D eigenvalue weighted by molar-refractivity contribution is 0.0870. The molecule has 0 amide bonds. The molecule has 2 bridgehead atoms. The van der Waals surface area contributed by atoms with Crippen LogP contribution in [0.2, 0.25) is 0 Å². The van der Waals surface area contributed by atoms with E-state index in [2.05, 4.69) is 5.32 Å². The van der Waals surface area contributed by atoms with Gasteiger partial charge in [0.1, 0.15) is 0 Å². The first-order valence-corrected chi connectivity index (χ1v) is 6.39. The summed E-state index contributed by atoms with van der Waals surface area (Å²) in [7, 11) is 0. The van der Waals surface area contributed by atoms with Crippen LogP contribution in [-0.2, 0) is 0 Å². The molecule has 2 fully saturated rings. The van der Waals surface area contributed by atoms with Gasteiger partial charge in [-0.15, -0.1) is 0 Å². The predicted molar refractivity (Wildman–Crippen MR) is 63.4 cm³/mol. The van der Waals surface area contributed by atoms with Crippen molar-refractivity contribution in [2.75, 3.05) is 0 Å². The second-order valence-corrected chi connectivity index (χ2v) is 5.27. The summed E-state index contributed by atoms with van der Waals surface area (Å²) in [6.07, 6.45) is 3.65. The third kappa shape index (κ3) is 1.94. The molecule has 2 heterocycles. The van der Waals surface area contributed by atoms with Crippen molar-refractivity contribution in [3.63, 3.8) is 0 Å². The molecule has 0 spiro atoms. The van der Waals surface area contributed by atoms with Crippen LogP contribution in [0.4, 0.5) is 8.78 Å². The van der Waals surface area contributed by atoms with Crippen molar-refractivity contribution in [3.8, 4) is 0 Å². The van der Waals surface area contributed by atoms with Crippen LogP contribution < -0.4 is 5.32 Å². The highest BCUT2D eigenvalue weighted by Gasteiger charge is 2.37. The number of hydrogen-bond donors (Lipinski definition) is 1. The molecule has 1 aromatic carbocycles. The van der Waals surface area contributed by atoms with Crippen molar-refractivity contribution in [2.24, 2.45) is 5.92 Å². The fourth-order valence-corrected chi connectivity index (χ4v) is 3.19. The zero-order valence-corrected chi connectivity index (χ0v) is 9.96. The number of ketones is 1. The van der Waals surface area contributed by atoms with Crippen LogP contribution in [0, 0.1) is 17.6 Å². The van der Waals surface area contributed by atoms with E-state index in [-0.39, 0.29) is 17.3 Å². The first-order chi connectivity index (χ1) is 8.65. The van der Waals surface area contributed by atoms with Gasteiger partial charge in [-0.1, -0.05) is 6.07 Å². The molecule has 96 valence electrons. The van der Waals surface area contributed by atoms with Crippen LogP contribution in [0.15, 0.2) is 18.2 Å². The van der Waals surface area contributed by atoms with Crippen molar-refractivity contribution < 1.29 is 13.6 Å². The van der Waals surface area contributed by atoms with E-state index < -0.39 is 11.6 Å². The molecular formula is C14H15F2NO. The van der Waals surface area contributed by atoms with E-state index in [1.54, 1.807) is 0 Å². The Hall–Kier alpha value is -1.29. The van der Waals surface area contributed by atoms with E-state index in [0.717, 1.165) is 31.7 Å². The molecule has 1 aromatic rings. The van der Waals surface area contributed by atoms with Gasteiger partial charge in [0.25, 0.3) is 0 Å². The molecule has 0 aliphatic carbocycles. The Morgan fingerprint density at radius 1 is 1.17 bits per heavy atom. The number of halogens is 2. The third-order valence-corrected chi connectivity index (χ3v) is 4.06. The van der Waals surface area contributed by atoms with Gasteiger partial charge in [0.2, 0.25) is 0 Å². The fraction of sp³-hybridized carbons (Fsp3) is 0.500. The Morgan fingerprint density at radius 2 is 1.83 bits per heavy atom. The van der Waals surface area contributed by atoms with E-state index in [1.165, 1.54) is 12.1 Å². The number of rotatable bonds is 2. The Labute approximate surface area is 104 Å². The molecule has 2 aliphatic rings. The number of carbonyl (C=O) groups excluding carboxylic acids is 1. The second-order valence-electron chi connectivity index (χ2n) is 5.27. The molecule has 2 unspecified atom stereocenters. The van der Waals surface area contributed by atoms with E-state index in [9.17, 15) is 13.6 Å². The molecule has 2 saturated heterocycles. The topological polar surface area (TPSA) is 29.1 Å². The van der Waals surface area contributed by atoms with Gasteiger partial charge in [0.05, 0.1) is 5.56 Å². The number of fused-ring (bicyclic) bond motifs is 2. The smallest absolute Gasteiger partial charge is 0.169 e. The van der Waals surface area contributed by atoms with Crippen molar-refractivity contribution >= 4 is 5.78 Å². The van der Waals surface area contributed by atoms with Crippen LogP contribution in [0.5, 0.6) is 0 Å². The van der Waals surface area contributed by atoms with Gasteiger partial charge >= 0.3 is 0 Å². The molecular weight excluding hydrogens is 236 g/mol. The highest BCUT2D eigenvalue weighted by molar-refractivity contribution is 5.98. The van der Waals surface area contributed by atoms with Crippen LogP contribution >= 0.6 is 0 Å². The monoisotopic (exact) mass is 251 g/mol.